The minimum absolute atomic E-state index is 0.0169. The van der Waals surface area contributed by atoms with Gasteiger partial charge in [0.25, 0.3) is 0 Å². The Morgan fingerprint density at radius 1 is 1.22 bits per heavy atom. The Balaban J connectivity index is 1.66. The predicted octanol–water partition coefficient (Wildman–Crippen LogP) is 3.65. The van der Waals surface area contributed by atoms with E-state index in [-0.39, 0.29) is 5.78 Å². The molecule has 1 aliphatic heterocycles. The van der Waals surface area contributed by atoms with Crippen LogP contribution < -0.4 is 4.74 Å². The summed E-state index contributed by atoms with van der Waals surface area (Å²) in [5, 5.41) is 0.990. The summed E-state index contributed by atoms with van der Waals surface area (Å²) < 4.78 is 14.6. The Labute approximate surface area is 162 Å². The van der Waals surface area contributed by atoms with Crippen LogP contribution in [-0.2, 0) is 4.74 Å². The van der Waals surface area contributed by atoms with Gasteiger partial charge in [0, 0.05) is 29.7 Å². The van der Waals surface area contributed by atoms with Gasteiger partial charge in [0.05, 0.1) is 25.2 Å². The molecule has 0 radical (unpaired) electrons. The van der Waals surface area contributed by atoms with Gasteiger partial charge in [-0.2, -0.15) is 0 Å². The van der Waals surface area contributed by atoms with Crippen LogP contribution in [0.3, 0.4) is 0 Å². The Bertz CT molecular complexity index is 960. The molecule has 0 bridgehead atoms. The van der Waals surface area contributed by atoms with E-state index in [0.717, 1.165) is 21.7 Å². The van der Waals surface area contributed by atoms with Gasteiger partial charge in [0.1, 0.15) is 10.6 Å². The molecule has 27 heavy (non-hydrogen) atoms. The number of methoxy groups -OCH3 is 1. The van der Waals surface area contributed by atoms with Crippen LogP contribution in [0, 0.1) is 6.92 Å². The van der Waals surface area contributed by atoms with Gasteiger partial charge in [-0.15, -0.1) is 11.3 Å². The second-order valence-electron chi connectivity index (χ2n) is 6.36. The van der Waals surface area contributed by atoms with E-state index in [9.17, 15) is 9.69 Å². The molecule has 4 rings (SSSR count). The number of hydrogen-bond acceptors (Lipinski definition) is 6. The summed E-state index contributed by atoms with van der Waals surface area (Å²) in [6.07, 6.45) is 0. The molecule has 1 unspecified atom stereocenters. The van der Waals surface area contributed by atoms with Crippen molar-refractivity contribution in [3.8, 4) is 5.75 Å². The molecule has 3 aromatic rings. The quantitative estimate of drug-likeness (QED) is 0.520. The molecule has 6 nitrogen and oxygen atoms in total. The lowest BCUT2D eigenvalue weighted by atomic mass is 10.1. The van der Waals surface area contributed by atoms with Gasteiger partial charge in [-0.05, 0) is 43.3 Å². The molecule has 1 saturated heterocycles. The maximum atomic E-state index is 12.9. The molecule has 142 valence electrons. The number of carbonyl (C=O) groups is 1. The molecular formula is C19H21N2O4PS. The normalized spacial score (nSPS) is 16.6. The number of benzene rings is 1. The van der Waals surface area contributed by atoms with Gasteiger partial charge in [-0.1, -0.05) is 0 Å². The van der Waals surface area contributed by atoms with Crippen LogP contribution in [0.4, 0.5) is 0 Å². The number of nitrogens with zero attached hydrogens (tertiary/aromatic N) is 2. The van der Waals surface area contributed by atoms with E-state index >= 15 is 0 Å². The van der Waals surface area contributed by atoms with Crippen molar-refractivity contribution in [3.63, 3.8) is 0 Å². The van der Waals surface area contributed by atoms with E-state index in [1.54, 1.807) is 31.4 Å². The molecule has 1 aromatic carbocycles. The zero-order valence-electron chi connectivity index (χ0n) is 15.2. The van der Waals surface area contributed by atoms with Crippen molar-refractivity contribution in [2.75, 3.05) is 33.4 Å². The van der Waals surface area contributed by atoms with Crippen molar-refractivity contribution >= 4 is 35.8 Å². The average Bonchev–Trinajstić information content (AvgIpc) is 3.24. The second kappa shape index (κ2) is 7.70. The summed E-state index contributed by atoms with van der Waals surface area (Å²) in [4.78, 5) is 25.4. The molecule has 2 aromatic heterocycles. The molecule has 1 N–H and O–H groups in total. The number of thiophene rings is 1. The standard InChI is InChI=1S/C19H21N2O4PS/c1-13-11-15-12-17(18(22)14-3-5-16(24-2)6-4-14)27-19(15)21(13)26(23)20-7-9-25-10-8-20/h3-6,11-12,23H,7-10H2,1-2H3. The zero-order valence-corrected chi connectivity index (χ0v) is 16.9. The molecular weight excluding hydrogens is 383 g/mol. The van der Waals surface area contributed by atoms with Crippen LogP contribution in [-0.4, -0.2) is 53.1 Å². The highest BCUT2D eigenvalue weighted by Gasteiger charge is 2.25. The summed E-state index contributed by atoms with van der Waals surface area (Å²) in [7, 11) is 0.111. The van der Waals surface area contributed by atoms with Crippen LogP contribution in [0.5, 0.6) is 5.75 Å². The third-order valence-corrected chi connectivity index (χ3v) is 7.68. The number of carbonyl (C=O) groups excluding carboxylic acids is 1. The fraction of sp³-hybridized carbons (Fsp3) is 0.316. The first-order valence-electron chi connectivity index (χ1n) is 8.71. The average molecular weight is 404 g/mol. The topological polar surface area (TPSA) is 63.9 Å². The van der Waals surface area contributed by atoms with E-state index in [1.807, 2.05) is 23.4 Å². The van der Waals surface area contributed by atoms with Gasteiger partial charge in [0.15, 0.2) is 0 Å². The molecule has 8 heteroatoms. The van der Waals surface area contributed by atoms with Gasteiger partial charge in [-0.25, -0.2) is 4.67 Å². The Morgan fingerprint density at radius 2 is 1.93 bits per heavy atom. The van der Waals surface area contributed by atoms with E-state index in [0.29, 0.717) is 36.7 Å². The number of hydrogen-bond donors (Lipinski definition) is 1. The van der Waals surface area contributed by atoms with Gasteiger partial charge in [0.2, 0.25) is 14.2 Å². The van der Waals surface area contributed by atoms with Crippen LogP contribution in [0.1, 0.15) is 20.9 Å². The number of aromatic nitrogens is 1. The molecule has 3 heterocycles. The Hall–Kier alpha value is -1.76. The highest BCUT2D eigenvalue weighted by atomic mass is 32.1. The van der Waals surface area contributed by atoms with E-state index < -0.39 is 8.45 Å². The number of morpholine rings is 1. The molecule has 0 aliphatic carbocycles. The summed E-state index contributed by atoms with van der Waals surface area (Å²) >= 11 is 1.43. The predicted molar refractivity (Wildman–Crippen MR) is 108 cm³/mol. The van der Waals surface area contributed by atoms with Crippen molar-refractivity contribution < 1.29 is 19.2 Å². The van der Waals surface area contributed by atoms with Crippen molar-refractivity contribution in [1.29, 1.82) is 0 Å². The fourth-order valence-electron chi connectivity index (χ4n) is 3.19. The lowest BCUT2D eigenvalue weighted by molar-refractivity contribution is 0.0712. The highest BCUT2D eigenvalue weighted by molar-refractivity contribution is 7.48. The lowest BCUT2D eigenvalue weighted by Gasteiger charge is -2.31. The van der Waals surface area contributed by atoms with Crippen LogP contribution in [0.2, 0.25) is 0 Å². The number of aryl methyl sites for hydroxylation is 1. The smallest absolute Gasteiger partial charge is 0.220 e. The third-order valence-electron chi connectivity index (χ3n) is 4.63. The second-order valence-corrected chi connectivity index (χ2v) is 8.89. The fourth-order valence-corrected chi connectivity index (χ4v) is 5.99. The van der Waals surface area contributed by atoms with Crippen molar-refractivity contribution in [3.05, 3.63) is 52.5 Å². The maximum absolute atomic E-state index is 12.9. The summed E-state index contributed by atoms with van der Waals surface area (Å²) in [5.41, 5.74) is 1.63. The first-order valence-corrected chi connectivity index (χ1v) is 10.7. The zero-order chi connectivity index (χ0) is 19.0. The summed E-state index contributed by atoms with van der Waals surface area (Å²) in [6, 6.07) is 11.1. The molecule has 1 fully saturated rings. The minimum Gasteiger partial charge on any atom is -0.497 e. The van der Waals surface area contributed by atoms with Gasteiger partial charge >= 0.3 is 0 Å². The van der Waals surface area contributed by atoms with E-state index in [4.69, 9.17) is 9.47 Å². The van der Waals surface area contributed by atoms with Crippen LogP contribution >= 0.6 is 19.8 Å². The van der Waals surface area contributed by atoms with Crippen molar-refractivity contribution in [1.82, 2.24) is 9.01 Å². The number of fused-ring (bicyclic) bond motifs is 1. The number of ether oxygens (including phenoxy) is 2. The monoisotopic (exact) mass is 404 g/mol. The van der Waals surface area contributed by atoms with E-state index in [2.05, 4.69) is 4.67 Å². The van der Waals surface area contributed by atoms with Crippen LogP contribution in [0.25, 0.3) is 10.2 Å². The molecule has 0 amide bonds. The van der Waals surface area contributed by atoms with Crippen molar-refractivity contribution in [2.24, 2.45) is 0 Å². The summed E-state index contributed by atoms with van der Waals surface area (Å²) in [5.74, 6) is 0.707. The van der Waals surface area contributed by atoms with E-state index in [1.165, 1.54) is 11.3 Å². The number of rotatable bonds is 5. The van der Waals surface area contributed by atoms with Gasteiger partial charge < -0.3 is 14.4 Å². The van der Waals surface area contributed by atoms with Crippen molar-refractivity contribution in [2.45, 2.75) is 6.92 Å². The summed E-state index contributed by atoms with van der Waals surface area (Å²) in [6.45, 7) is 4.68. The Morgan fingerprint density at radius 3 is 2.59 bits per heavy atom. The lowest BCUT2D eigenvalue weighted by Crippen LogP contribution is -2.33. The molecule has 1 atom stereocenters. The molecule has 0 saturated carbocycles. The first kappa shape index (κ1) is 18.6. The highest BCUT2D eigenvalue weighted by Crippen LogP contribution is 2.45. The van der Waals surface area contributed by atoms with Gasteiger partial charge in [-0.3, -0.25) is 9.13 Å². The Kier molecular flexibility index (Phi) is 5.30. The largest absolute Gasteiger partial charge is 0.497 e. The third kappa shape index (κ3) is 3.53. The molecule has 0 spiro atoms. The minimum atomic E-state index is -1.49. The maximum Gasteiger partial charge on any atom is 0.220 e. The molecule has 1 aliphatic rings. The SMILES string of the molecule is COc1ccc(C(=O)c2cc3cc(C)n(P(O)N4CCOCC4)c3s2)cc1. The van der Waals surface area contributed by atoms with Crippen LogP contribution in [0.15, 0.2) is 36.4 Å². The first-order chi connectivity index (χ1) is 13.1. The number of ketones is 1.